The molecule has 0 aliphatic carbocycles. The third-order valence-corrected chi connectivity index (χ3v) is 1.86. The van der Waals surface area contributed by atoms with E-state index < -0.39 is 0 Å². The number of hydrogen-bond acceptors (Lipinski definition) is 3. The van der Waals surface area contributed by atoms with Gasteiger partial charge in [0.1, 0.15) is 17.9 Å². The van der Waals surface area contributed by atoms with Crippen molar-refractivity contribution in [2.75, 3.05) is 0 Å². The van der Waals surface area contributed by atoms with Gasteiger partial charge in [0.05, 0.1) is 6.42 Å². The lowest BCUT2D eigenvalue weighted by atomic mass is 10.2. The Bertz CT molecular complexity index is 317. The predicted molar refractivity (Wildman–Crippen MR) is 53.8 cm³/mol. The Hall–Kier alpha value is -1.45. The first kappa shape index (κ1) is 10.6. The third-order valence-electron chi connectivity index (χ3n) is 1.86. The second kappa shape index (κ2) is 5.32. The number of nitrogens with zero attached hydrogens (tertiary/aromatic N) is 3. The largest absolute Gasteiger partial charge is 0.299 e. The van der Waals surface area contributed by atoms with Crippen LogP contribution >= 0.6 is 0 Å². The standard InChI is InChI=1S/C10H15N3O/c1-3-5-9(14)7-10-11-8-12-13(10)6-4-2/h3,8H,1,4-7H2,2H3. The van der Waals surface area contributed by atoms with Crippen LogP contribution < -0.4 is 0 Å². The lowest BCUT2D eigenvalue weighted by Gasteiger charge is -2.02. The van der Waals surface area contributed by atoms with E-state index in [2.05, 4.69) is 23.6 Å². The zero-order valence-electron chi connectivity index (χ0n) is 8.44. The van der Waals surface area contributed by atoms with E-state index in [-0.39, 0.29) is 5.78 Å². The fourth-order valence-corrected chi connectivity index (χ4v) is 1.23. The van der Waals surface area contributed by atoms with Gasteiger partial charge in [0.2, 0.25) is 0 Å². The minimum atomic E-state index is 0.130. The minimum absolute atomic E-state index is 0.130. The van der Waals surface area contributed by atoms with Crippen LogP contribution in [0.25, 0.3) is 0 Å². The van der Waals surface area contributed by atoms with Crippen molar-refractivity contribution >= 4 is 5.78 Å². The van der Waals surface area contributed by atoms with Crippen molar-refractivity contribution in [3.8, 4) is 0 Å². The second-order valence-electron chi connectivity index (χ2n) is 3.11. The number of carbonyl (C=O) groups is 1. The Morgan fingerprint density at radius 1 is 1.71 bits per heavy atom. The van der Waals surface area contributed by atoms with Gasteiger partial charge in [0.15, 0.2) is 0 Å². The van der Waals surface area contributed by atoms with Crippen LogP contribution in [0, 0.1) is 0 Å². The summed E-state index contributed by atoms with van der Waals surface area (Å²) in [7, 11) is 0. The van der Waals surface area contributed by atoms with Gasteiger partial charge < -0.3 is 0 Å². The van der Waals surface area contributed by atoms with Crippen molar-refractivity contribution in [1.29, 1.82) is 0 Å². The number of aromatic nitrogens is 3. The van der Waals surface area contributed by atoms with Crippen LogP contribution in [-0.2, 0) is 17.8 Å². The fraction of sp³-hybridized carbons (Fsp3) is 0.500. The molecule has 14 heavy (non-hydrogen) atoms. The molecule has 0 atom stereocenters. The highest BCUT2D eigenvalue weighted by atomic mass is 16.1. The van der Waals surface area contributed by atoms with Gasteiger partial charge in [-0.2, -0.15) is 5.10 Å². The van der Waals surface area contributed by atoms with Crippen molar-refractivity contribution in [2.45, 2.75) is 32.7 Å². The molecule has 4 nitrogen and oxygen atoms in total. The van der Waals surface area contributed by atoms with Crippen molar-refractivity contribution in [3.05, 3.63) is 24.8 Å². The van der Waals surface area contributed by atoms with Gasteiger partial charge in [-0.1, -0.05) is 13.0 Å². The van der Waals surface area contributed by atoms with E-state index in [4.69, 9.17) is 0 Å². The summed E-state index contributed by atoms with van der Waals surface area (Å²) < 4.78 is 1.78. The molecule has 0 spiro atoms. The number of rotatable bonds is 6. The van der Waals surface area contributed by atoms with Crippen LogP contribution in [0.3, 0.4) is 0 Å². The van der Waals surface area contributed by atoms with Crippen molar-refractivity contribution in [2.24, 2.45) is 0 Å². The van der Waals surface area contributed by atoms with Crippen molar-refractivity contribution in [1.82, 2.24) is 14.8 Å². The molecule has 1 heterocycles. The maximum absolute atomic E-state index is 11.3. The molecule has 0 amide bonds. The average Bonchev–Trinajstić information content (AvgIpc) is 2.54. The molecule has 0 radical (unpaired) electrons. The van der Waals surface area contributed by atoms with Gasteiger partial charge in [-0.15, -0.1) is 6.58 Å². The van der Waals surface area contributed by atoms with Gasteiger partial charge in [0, 0.05) is 13.0 Å². The van der Waals surface area contributed by atoms with Gasteiger partial charge in [-0.25, -0.2) is 9.67 Å². The Balaban J connectivity index is 2.61. The highest BCUT2D eigenvalue weighted by Gasteiger charge is 2.07. The Morgan fingerprint density at radius 2 is 2.50 bits per heavy atom. The first-order chi connectivity index (χ1) is 6.77. The Labute approximate surface area is 83.6 Å². The van der Waals surface area contributed by atoms with Crippen LogP contribution in [0.4, 0.5) is 0 Å². The van der Waals surface area contributed by atoms with Gasteiger partial charge in [0.25, 0.3) is 0 Å². The van der Waals surface area contributed by atoms with Crippen LogP contribution in [0.15, 0.2) is 19.0 Å². The third kappa shape index (κ3) is 2.80. The van der Waals surface area contributed by atoms with Crippen LogP contribution in [-0.4, -0.2) is 20.5 Å². The average molecular weight is 193 g/mol. The summed E-state index contributed by atoms with van der Waals surface area (Å²) in [6.45, 7) is 6.41. The molecular weight excluding hydrogens is 178 g/mol. The summed E-state index contributed by atoms with van der Waals surface area (Å²) in [6.07, 6.45) is 4.85. The fourth-order valence-electron chi connectivity index (χ4n) is 1.23. The van der Waals surface area contributed by atoms with E-state index in [1.165, 1.54) is 6.33 Å². The van der Waals surface area contributed by atoms with E-state index >= 15 is 0 Å². The first-order valence-corrected chi connectivity index (χ1v) is 4.77. The smallest absolute Gasteiger partial charge is 0.144 e. The van der Waals surface area contributed by atoms with E-state index in [1.807, 2.05) is 0 Å². The predicted octanol–water partition coefficient (Wildman–Crippen LogP) is 1.38. The molecule has 0 fully saturated rings. The maximum Gasteiger partial charge on any atom is 0.144 e. The van der Waals surface area contributed by atoms with E-state index in [0.29, 0.717) is 12.8 Å². The summed E-state index contributed by atoms with van der Waals surface area (Å²) in [6, 6.07) is 0. The SMILES string of the molecule is C=CCC(=O)Cc1ncnn1CCC. The van der Waals surface area contributed by atoms with E-state index in [0.717, 1.165) is 18.8 Å². The second-order valence-corrected chi connectivity index (χ2v) is 3.11. The lowest BCUT2D eigenvalue weighted by molar-refractivity contribution is -0.117. The molecule has 0 saturated heterocycles. The summed E-state index contributed by atoms with van der Waals surface area (Å²) in [5.74, 6) is 0.879. The first-order valence-electron chi connectivity index (χ1n) is 4.77. The number of ketones is 1. The normalized spacial score (nSPS) is 10.1. The van der Waals surface area contributed by atoms with Crippen LogP contribution in [0.2, 0.25) is 0 Å². The molecule has 1 aromatic rings. The highest BCUT2D eigenvalue weighted by Crippen LogP contribution is 2.00. The molecule has 0 saturated carbocycles. The van der Waals surface area contributed by atoms with Crippen LogP contribution in [0.5, 0.6) is 0 Å². The van der Waals surface area contributed by atoms with Gasteiger partial charge in [-0.05, 0) is 6.42 Å². The van der Waals surface area contributed by atoms with Gasteiger partial charge >= 0.3 is 0 Å². The van der Waals surface area contributed by atoms with Crippen molar-refractivity contribution in [3.63, 3.8) is 0 Å². The van der Waals surface area contributed by atoms with Crippen LogP contribution in [0.1, 0.15) is 25.6 Å². The quantitative estimate of drug-likeness (QED) is 0.641. The molecule has 1 aromatic heterocycles. The topological polar surface area (TPSA) is 47.8 Å². The van der Waals surface area contributed by atoms with Crippen molar-refractivity contribution < 1.29 is 4.79 Å². The van der Waals surface area contributed by atoms with E-state index in [1.54, 1.807) is 10.8 Å². The number of carbonyl (C=O) groups excluding carboxylic acids is 1. The minimum Gasteiger partial charge on any atom is -0.299 e. The Morgan fingerprint density at radius 3 is 3.14 bits per heavy atom. The Kier molecular flexibility index (Phi) is 4.04. The molecule has 76 valence electrons. The molecule has 0 unspecified atom stereocenters. The number of hydrogen-bond donors (Lipinski definition) is 0. The van der Waals surface area contributed by atoms with E-state index in [9.17, 15) is 4.79 Å². The molecule has 4 heteroatoms. The summed E-state index contributed by atoms with van der Waals surface area (Å²) in [5.41, 5.74) is 0. The number of Topliss-reactive ketones (excluding diaryl/α,β-unsaturated/α-hetero) is 1. The zero-order valence-corrected chi connectivity index (χ0v) is 8.44. The summed E-state index contributed by atoms with van der Waals surface area (Å²) in [4.78, 5) is 15.4. The molecule has 1 rings (SSSR count). The summed E-state index contributed by atoms with van der Waals surface area (Å²) >= 11 is 0. The molecule has 0 aliphatic heterocycles. The molecule has 0 aromatic carbocycles. The zero-order chi connectivity index (χ0) is 10.4. The number of allylic oxidation sites excluding steroid dienone is 1. The number of aryl methyl sites for hydroxylation is 1. The summed E-state index contributed by atoms with van der Waals surface area (Å²) in [5, 5.41) is 4.05. The maximum atomic E-state index is 11.3. The monoisotopic (exact) mass is 193 g/mol. The lowest BCUT2D eigenvalue weighted by Crippen LogP contribution is -2.10. The molecule has 0 aliphatic rings. The molecular formula is C10H15N3O. The highest BCUT2D eigenvalue weighted by molar-refractivity contribution is 5.81. The van der Waals surface area contributed by atoms with Gasteiger partial charge in [-0.3, -0.25) is 4.79 Å². The molecule has 0 N–H and O–H groups in total. The molecule has 0 bridgehead atoms.